The van der Waals surface area contributed by atoms with Crippen molar-refractivity contribution in [2.45, 2.75) is 19.4 Å². The lowest BCUT2D eigenvalue weighted by Gasteiger charge is -2.38. The van der Waals surface area contributed by atoms with Crippen molar-refractivity contribution in [2.75, 3.05) is 28.6 Å². The highest BCUT2D eigenvalue weighted by Crippen LogP contribution is 2.40. The van der Waals surface area contributed by atoms with Gasteiger partial charge in [-0.05, 0) is 42.7 Å². The third kappa shape index (κ3) is 4.06. The van der Waals surface area contributed by atoms with E-state index in [2.05, 4.69) is 16.9 Å². The zero-order chi connectivity index (χ0) is 24.7. The van der Waals surface area contributed by atoms with Crippen LogP contribution in [-0.4, -0.2) is 35.0 Å². The molecular formula is C25H24F2N6O2. The van der Waals surface area contributed by atoms with Crippen molar-refractivity contribution in [1.29, 1.82) is 0 Å². The van der Waals surface area contributed by atoms with Crippen molar-refractivity contribution < 1.29 is 18.0 Å². The van der Waals surface area contributed by atoms with Crippen LogP contribution in [-0.2, 0) is 0 Å². The lowest BCUT2D eigenvalue weighted by molar-refractivity contribution is 0.1000. The number of carbonyl (C=O) groups is 1. The highest BCUT2D eigenvalue weighted by atomic mass is 19.2. The lowest BCUT2D eigenvalue weighted by atomic mass is 9.96. The molecule has 3 aromatic heterocycles. The van der Waals surface area contributed by atoms with Gasteiger partial charge >= 0.3 is 0 Å². The van der Waals surface area contributed by atoms with Crippen molar-refractivity contribution in [2.24, 2.45) is 11.7 Å². The Morgan fingerprint density at radius 1 is 1.14 bits per heavy atom. The quantitative estimate of drug-likeness (QED) is 0.451. The molecule has 2 atom stereocenters. The fourth-order valence-corrected chi connectivity index (χ4v) is 4.69. The number of amides is 1. The second-order valence-corrected chi connectivity index (χ2v) is 8.78. The molecule has 4 heterocycles. The van der Waals surface area contributed by atoms with Crippen LogP contribution in [0.4, 0.5) is 31.7 Å². The van der Waals surface area contributed by atoms with Crippen LogP contribution in [0, 0.1) is 17.6 Å². The topological polar surface area (TPSA) is 115 Å². The van der Waals surface area contributed by atoms with Crippen LogP contribution in [0.3, 0.4) is 0 Å². The Balaban J connectivity index is 1.72. The summed E-state index contributed by atoms with van der Waals surface area (Å²) in [6, 6.07) is 8.56. The Morgan fingerprint density at radius 3 is 2.77 bits per heavy atom. The number of anilines is 4. The number of nitrogens with zero attached hydrogens (tertiary/aromatic N) is 4. The number of hydrogen-bond donors (Lipinski definition) is 2. The number of aromatic nitrogens is 2. The van der Waals surface area contributed by atoms with E-state index in [1.807, 2.05) is 4.90 Å². The molecule has 0 spiro atoms. The Kier molecular flexibility index (Phi) is 5.81. The molecule has 1 aliphatic heterocycles. The van der Waals surface area contributed by atoms with Crippen LogP contribution in [0.2, 0.25) is 0 Å². The van der Waals surface area contributed by atoms with Crippen LogP contribution in [0.5, 0.6) is 0 Å². The molecule has 180 valence electrons. The first-order valence-corrected chi connectivity index (χ1v) is 11.2. The maximum Gasteiger partial charge on any atom is 0.270 e. The number of nitrogens with two attached hydrogens (primary N) is 2. The first-order chi connectivity index (χ1) is 16.8. The summed E-state index contributed by atoms with van der Waals surface area (Å²) in [7, 11) is 0. The number of carbonyl (C=O) groups excluding carboxylic acids is 1. The highest BCUT2D eigenvalue weighted by Gasteiger charge is 2.33. The minimum atomic E-state index is -1.18. The van der Waals surface area contributed by atoms with E-state index in [4.69, 9.17) is 15.9 Å². The van der Waals surface area contributed by atoms with E-state index in [9.17, 15) is 9.18 Å². The Hall–Kier alpha value is -4.05. The van der Waals surface area contributed by atoms with Gasteiger partial charge < -0.3 is 20.8 Å². The lowest BCUT2D eigenvalue weighted by Crippen LogP contribution is -2.47. The van der Waals surface area contributed by atoms with Gasteiger partial charge in [-0.3, -0.25) is 19.7 Å². The van der Waals surface area contributed by atoms with E-state index in [1.165, 1.54) is 24.5 Å². The number of hydrogen-bond acceptors (Lipinski definition) is 7. The minimum absolute atomic E-state index is 0.0530. The Morgan fingerprint density at radius 2 is 1.97 bits per heavy atom. The summed E-state index contributed by atoms with van der Waals surface area (Å²) < 4.78 is 35.0. The van der Waals surface area contributed by atoms with Crippen molar-refractivity contribution in [3.05, 3.63) is 72.2 Å². The van der Waals surface area contributed by atoms with Crippen LogP contribution in [0.15, 0.2) is 59.4 Å². The largest absolute Gasteiger partial charge is 0.438 e. The van der Waals surface area contributed by atoms with Gasteiger partial charge in [-0.25, -0.2) is 8.78 Å². The maximum absolute atomic E-state index is 15.2. The van der Waals surface area contributed by atoms with E-state index >= 15 is 4.39 Å². The van der Waals surface area contributed by atoms with Crippen LogP contribution in [0.1, 0.15) is 23.7 Å². The molecule has 0 unspecified atom stereocenters. The molecule has 0 radical (unpaired) electrons. The van der Waals surface area contributed by atoms with Gasteiger partial charge in [-0.2, -0.15) is 0 Å². The minimum Gasteiger partial charge on any atom is -0.438 e. The fraction of sp³-hybridized carbons (Fsp3) is 0.240. The van der Waals surface area contributed by atoms with Crippen LogP contribution >= 0.6 is 0 Å². The molecule has 35 heavy (non-hydrogen) atoms. The van der Waals surface area contributed by atoms with Gasteiger partial charge in [0.1, 0.15) is 11.1 Å². The summed E-state index contributed by atoms with van der Waals surface area (Å²) in [6.45, 7) is 3.30. The highest BCUT2D eigenvalue weighted by molar-refractivity contribution is 6.19. The zero-order valence-corrected chi connectivity index (χ0v) is 19.0. The number of halogens is 2. The Labute approximate surface area is 200 Å². The third-order valence-electron chi connectivity index (χ3n) is 6.11. The van der Waals surface area contributed by atoms with Gasteiger partial charge in [-0.1, -0.05) is 13.0 Å². The van der Waals surface area contributed by atoms with E-state index in [1.54, 1.807) is 24.4 Å². The number of benzene rings is 1. The maximum atomic E-state index is 15.2. The van der Waals surface area contributed by atoms with Gasteiger partial charge in [0.25, 0.3) is 5.91 Å². The molecule has 1 aliphatic rings. The summed E-state index contributed by atoms with van der Waals surface area (Å²) >= 11 is 0. The molecule has 5 rings (SSSR count). The smallest absolute Gasteiger partial charge is 0.270 e. The molecule has 8 nitrogen and oxygen atoms in total. The van der Waals surface area contributed by atoms with Crippen molar-refractivity contribution in [3.8, 4) is 0 Å². The standard InChI is InChI=1S/C25H24F2N6O2/c1-14-10-15(28)13-32(12-14)17-7-9-30-11-19(17)33(18-5-2-4-16(26)22(18)27)25(34)21-23-20(35-24(21)29)6-3-8-31-23/h2-9,11,14-15H,10,12-13,28-29H2,1H3/t14-,15+/m0/s1. The third-order valence-corrected chi connectivity index (χ3v) is 6.11. The number of fused-ring (bicyclic) bond motifs is 1. The molecule has 4 N–H and O–H groups in total. The van der Waals surface area contributed by atoms with Gasteiger partial charge in [0, 0.05) is 31.5 Å². The molecule has 1 amide bonds. The summed E-state index contributed by atoms with van der Waals surface area (Å²) in [5.74, 6) is -2.88. The van der Waals surface area contributed by atoms with Crippen molar-refractivity contribution in [1.82, 2.24) is 9.97 Å². The number of pyridine rings is 2. The molecule has 10 heteroatoms. The Bertz CT molecular complexity index is 1400. The summed E-state index contributed by atoms with van der Waals surface area (Å²) in [6.07, 6.45) is 5.38. The number of furan rings is 1. The van der Waals surface area contributed by atoms with E-state index in [-0.39, 0.29) is 34.4 Å². The molecule has 4 aromatic rings. The van der Waals surface area contributed by atoms with Gasteiger partial charge in [0.15, 0.2) is 17.2 Å². The van der Waals surface area contributed by atoms with Crippen LogP contribution in [0.25, 0.3) is 11.1 Å². The predicted octanol–water partition coefficient (Wildman–Crippen LogP) is 4.24. The number of rotatable bonds is 4. The van der Waals surface area contributed by atoms with Crippen molar-refractivity contribution >= 4 is 40.0 Å². The first-order valence-electron chi connectivity index (χ1n) is 11.2. The molecule has 0 aliphatic carbocycles. The van der Waals surface area contributed by atoms with Crippen molar-refractivity contribution in [3.63, 3.8) is 0 Å². The molecule has 1 aromatic carbocycles. The van der Waals surface area contributed by atoms with Gasteiger partial charge in [0.2, 0.25) is 5.88 Å². The molecular weight excluding hydrogens is 454 g/mol. The molecule has 1 saturated heterocycles. The van der Waals surface area contributed by atoms with Gasteiger partial charge in [0.05, 0.1) is 23.3 Å². The van der Waals surface area contributed by atoms with E-state index in [0.717, 1.165) is 17.4 Å². The molecule has 0 saturated carbocycles. The summed E-state index contributed by atoms with van der Waals surface area (Å²) in [5, 5.41) is 0. The first kappa shape index (κ1) is 22.7. The molecule has 0 bridgehead atoms. The normalized spacial score (nSPS) is 18.1. The summed E-state index contributed by atoms with van der Waals surface area (Å²) in [5.41, 5.74) is 13.4. The second kappa shape index (κ2) is 8.95. The average Bonchev–Trinajstić information content (AvgIpc) is 3.17. The molecule has 1 fully saturated rings. The number of piperidine rings is 1. The van der Waals surface area contributed by atoms with E-state index < -0.39 is 17.5 Å². The second-order valence-electron chi connectivity index (χ2n) is 8.78. The number of nitrogen functional groups attached to an aromatic ring is 1. The van der Waals surface area contributed by atoms with Gasteiger partial charge in [-0.15, -0.1) is 0 Å². The fourth-order valence-electron chi connectivity index (χ4n) is 4.69. The SMILES string of the molecule is C[C@H]1C[C@@H](N)CN(c2ccncc2N(C(=O)c2c(N)oc3cccnc23)c2cccc(F)c2F)C1. The summed E-state index contributed by atoms with van der Waals surface area (Å²) in [4.78, 5) is 25.6. The zero-order valence-electron chi connectivity index (χ0n) is 19.0. The van der Waals surface area contributed by atoms with Crippen LogP contribution < -0.4 is 21.3 Å². The average molecular weight is 479 g/mol. The van der Waals surface area contributed by atoms with E-state index in [0.29, 0.717) is 30.3 Å². The monoisotopic (exact) mass is 478 g/mol. The predicted molar refractivity (Wildman–Crippen MR) is 129 cm³/mol.